The van der Waals surface area contributed by atoms with Gasteiger partial charge in [0.25, 0.3) is 0 Å². The smallest absolute Gasteiger partial charge is 0.345 e. The molecule has 21 heavy (non-hydrogen) atoms. The van der Waals surface area contributed by atoms with Crippen LogP contribution in [0.15, 0.2) is 0 Å². The molecule has 0 bridgehead atoms. The quantitative estimate of drug-likeness (QED) is 0.813. The summed E-state index contributed by atoms with van der Waals surface area (Å²) < 4.78 is 21.3. The topological polar surface area (TPSA) is 74.2 Å². The average Bonchev–Trinajstić information content (AvgIpc) is 2.77. The number of phenols is 1. The fraction of sp³-hybridized carbons (Fsp3) is 0.533. The lowest BCUT2D eigenvalue weighted by atomic mass is 9.96. The van der Waals surface area contributed by atoms with Crippen molar-refractivity contribution in [1.82, 2.24) is 0 Å². The van der Waals surface area contributed by atoms with Crippen LogP contribution < -0.4 is 4.74 Å². The van der Waals surface area contributed by atoms with E-state index in [-0.39, 0.29) is 12.4 Å². The van der Waals surface area contributed by atoms with Crippen molar-refractivity contribution in [2.75, 3.05) is 20.3 Å². The number of rotatable bonds is 6. The standard InChI is InChI=1S/C15H20O6/c1-5-19-7-9-10-11(13(18-4)8(3)12(9)16)14(17)21-15(10)20-6-2/h15-16H,5-7H2,1-4H3/t15-/m0/s1. The summed E-state index contributed by atoms with van der Waals surface area (Å²) in [5.74, 6) is -0.154. The Morgan fingerprint density at radius 1 is 1.29 bits per heavy atom. The summed E-state index contributed by atoms with van der Waals surface area (Å²) in [6.45, 7) is 6.39. The van der Waals surface area contributed by atoms with Crippen LogP contribution in [0.4, 0.5) is 0 Å². The molecule has 1 aliphatic heterocycles. The van der Waals surface area contributed by atoms with Gasteiger partial charge in [0.05, 0.1) is 13.7 Å². The van der Waals surface area contributed by atoms with E-state index in [4.69, 9.17) is 18.9 Å². The minimum Gasteiger partial charge on any atom is -0.507 e. The first-order chi connectivity index (χ1) is 10.1. The molecule has 0 fully saturated rings. The van der Waals surface area contributed by atoms with E-state index in [1.807, 2.05) is 6.92 Å². The number of carbonyl (C=O) groups excluding carboxylic acids is 1. The lowest BCUT2D eigenvalue weighted by Gasteiger charge is -2.18. The number of hydrogen-bond donors (Lipinski definition) is 1. The third kappa shape index (κ3) is 2.56. The molecule has 1 aromatic carbocycles. The molecule has 0 amide bonds. The Balaban J connectivity index is 2.66. The van der Waals surface area contributed by atoms with E-state index in [9.17, 15) is 9.90 Å². The highest BCUT2D eigenvalue weighted by atomic mass is 16.7. The molecule has 6 nitrogen and oxygen atoms in total. The Hall–Kier alpha value is -1.79. The SMILES string of the molecule is CCOCc1c(O)c(C)c(OC)c2c1[C@@H](OCC)OC2=O. The van der Waals surface area contributed by atoms with Crippen LogP contribution in [0.5, 0.6) is 11.5 Å². The van der Waals surface area contributed by atoms with Crippen LogP contribution in [0.3, 0.4) is 0 Å². The Bertz CT molecular complexity index is 552. The molecule has 1 heterocycles. The maximum absolute atomic E-state index is 12.1. The fourth-order valence-corrected chi connectivity index (χ4v) is 2.47. The Kier molecular flexibility index (Phi) is 4.69. The lowest BCUT2D eigenvalue weighted by Crippen LogP contribution is -2.08. The second-order valence-corrected chi connectivity index (χ2v) is 4.60. The highest BCUT2D eigenvalue weighted by molar-refractivity contribution is 5.98. The molecule has 0 radical (unpaired) electrons. The van der Waals surface area contributed by atoms with Crippen molar-refractivity contribution in [3.63, 3.8) is 0 Å². The number of phenolic OH excluding ortho intramolecular Hbond substituents is 1. The molecular weight excluding hydrogens is 276 g/mol. The molecule has 0 aromatic heterocycles. The number of aromatic hydroxyl groups is 1. The van der Waals surface area contributed by atoms with Crippen molar-refractivity contribution in [1.29, 1.82) is 0 Å². The van der Waals surface area contributed by atoms with Gasteiger partial charge in [0, 0.05) is 29.9 Å². The minimum absolute atomic E-state index is 0.0436. The van der Waals surface area contributed by atoms with E-state index in [1.165, 1.54) is 7.11 Å². The number of hydrogen-bond acceptors (Lipinski definition) is 6. The Labute approximate surface area is 123 Å². The second-order valence-electron chi connectivity index (χ2n) is 4.60. The Morgan fingerprint density at radius 2 is 2.00 bits per heavy atom. The van der Waals surface area contributed by atoms with Gasteiger partial charge in [-0.25, -0.2) is 4.79 Å². The molecule has 0 spiro atoms. The Morgan fingerprint density at radius 3 is 2.57 bits per heavy atom. The van der Waals surface area contributed by atoms with Crippen LogP contribution in [0.1, 0.15) is 47.2 Å². The van der Waals surface area contributed by atoms with Gasteiger partial charge in [0.1, 0.15) is 17.1 Å². The summed E-state index contributed by atoms with van der Waals surface area (Å²) in [5, 5.41) is 10.4. The summed E-state index contributed by atoms with van der Waals surface area (Å²) in [4.78, 5) is 12.1. The molecular formula is C15H20O6. The maximum atomic E-state index is 12.1. The number of methoxy groups -OCH3 is 1. The van der Waals surface area contributed by atoms with Crippen molar-refractivity contribution in [2.24, 2.45) is 0 Å². The molecule has 1 N–H and O–H groups in total. The van der Waals surface area contributed by atoms with E-state index < -0.39 is 12.3 Å². The van der Waals surface area contributed by atoms with Crippen LogP contribution in [0.25, 0.3) is 0 Å². The van der Waals surface area contributed by atoms with Gasteiger partial charge in [0.15, 0.2) is 0 Å². The predicted molar refractivity (Wildman–Crippen MR) is 74.5 cm³/mol. The summed E-state index contributed by atoms with van der Waals surface area (Å²) in [5.41, 5.74) is 1.80. The van der Waals surface area contributed by atoms with Gasteiger partial charge in [-0.3, -0.25) is 0 Å². The summed E-state index contributed by atoms with van der Waals surface area (Å²) >= 11 is 0. The zero-order valence-electron chi connectivity index (χ0n) is 12.7. The largest absolute Gasteiger partial charge is 0.507 e. The third-order valence-corrected chi connectivity index (χ3v) is 3.43. The molecule has 116 valence electrons. The molecule has 0 unspecified atom stereocenters. The molecule has 0 saturated heterocycles. The molecule has 6 heteroatoms. The van der Waals surface area contributed by atoms with Gasteiger partial charge in [-0.1, -0.05) is 0 Å². The minimum atomic E-state index is -0.839. The molecule has 1 aliphatic rings. The lowest BCUT2D eigenvalue weighted by molar-refractivity contribution is -0.100. The van der Waals surface area contributed by atoms with Gasteiger partial charge in [0.2, 0.25) is 6.29 Å². The fourth-order valence-electron chi connectivity index (χ4n) is 2.47. The zero-order chi connectivity index (χ0) is 15.6. The van der Waals surface area contributed by atoms with Gasteiger partial charge >= 0.3 is 5.97 Å². The summed E-state index contributed by atoms with van der Waals surface area (Å²) in [6, 6.07) is 0. The molecule has 1 aromatic rings. The van der Waals surface area contributed by atoms with Crippen LogP contribution in [0, 0.1) is 6.92 Å². The normalized spacial score (nSPS) is 16.8. The van der Waals surface area contributed by atoms with Crippen LogP contribution in [-0.4, -0.2) is 31.4 Å². The van der Waals surface area contributed by atoms with Crippen LogP contribution in [-0.2, 0) is 20.8 Å². The summed E-state index contributed by atoms with van der Waals surface area (Å²) in [7, 11) is 1.45. The predicted octanol–water partition coefficient (Wildman–Crippen LogP) is 2.45. The van der Waals surface area contributed by atoms with E-state index in [0.717, 1.165) is 0 Å². The van der Waals surface area contributed by atoms with E-state index >= 15 is 0 Å². The van der Waals surface area contributed by atoms with E-state index in [0.29, 0.717) is 41.2 Å². The molecule has 2 rings (SSSR count). The van der Waals surface area contributed by atoms with Crippen molar-refractivity contribution in [3.8, 4) is 11.5 Å². The maximum Gasteiger partial charge on any atom is 0.345 e. The van der Waals surface area contributed by atoms with Crippen LogP contribution >= 0.6 is 0 Å². The monoisotopic (exact) mass is 296 g/mol. The number of ether oxygens (including phenoxy) is 4. The van der Waals surface area contributed by atoms with Gasteiger partial charge in [-0.2, -0.15) is 0 Å². The number of esters is 1. The highest BCUT2D eigenvalue weighted by Gasteiger charge is 2.39. The number of carbonyl (C=O) groups is 1. The van der Waals surface area contributed by atoms with Crippen LogP contribution in [0.2, 0.25) is 0 Å². The first kappa shape index (κ1) is 15.6. The zero-order valence-corrected chi connectivity index (χ0v) is 12.7. The first-order valence-corrected chi connectivity index (χ1v) is 6.89. The van der Waals surface area contributed by atoms with Crippen molar-refractivity contribution in [3.05, 3.63) is 22.3 Å². The number of fused-ring (bicyclic) bond motifs is 1. The first-order valence-electron chi connectivity index (χ1n) is 6.89. The van der Waals surface area contributed by atoms with Gasteiger partial charge < -0.3 is 24.1 Å². The summed E-state index contributed by atoms with van der Waals surface area (Å²) in [6.07, 6.45) is -0.839. The van der Waals surface area contributed by atoms with E-state index in [2.05, 4.69) is 0 Å². The number of benzene rings is 1. The van der Waals surface area contributed by atoms with E-state index in [1.54, 1.807) is 13.8 Å². The number of cyclic esters (lactones) is 1. The van der Waals surface area contributed by atoms with Gasteiger partial charge in [-0.15, -0.1) is 0 Å². The second kappa shape index (κ2) is 6.32. The molecule has 0 aliphatic carbocycles. The van der Waals surface area contributed by atoms with Crippen molar-refractivity contribution >= 4 is 5.97 Å². The van der Waals surface area contributed by atoms with Gasteiger partial charge in [-0.05, 0) is 20.8 Å². The van der Waals surface area contributed by atoms with Crippen molar-refractivity contribution in [2.45, 2.75) is 33.7 Å². The van der Waals surface area contributed by atoms with Crippen molar-refractivity contribution < 1.29 is 28.8 Å². The average molecular weight is 296 g/mol. The highest BCUT2D eigenvalue weighted by Crippen LogP contribution is 2.46. The third-order valence-electron chi connectivity index (χ3n) is 3.43. The molecule has 0 saturated carbocycles. The molecule has 1 atom stereocenters.